The Morgan fingerprint density at radius 1 is 1.47 bits per heavy atom. The summed E-state index contributed by atoms with van der Waals surface area (Å²) in [6, 6.07) is 3.28. The number of rotatable bonds is 5. The predicted octanol–water partition coefficient (Wildman–Crippen LogP) is 1.43. The molecule has 0 saturated carbocycles. The zero-order valence-corrected chi connectivity index (χ0v) is 10.9. The highest BCUT2D eigenvalue weighted by Crippen LogP contribution is 2.17. The van der Waals surface area contributed by atoms with Gasteiger partial charge in [0.05, 0.1) is 22.6 Å². The molecule has 19 heavy (non-hydrogen) atoms. The van der Waals surface area contributed by atoms with Crippen molar-refractivity contribution in [2.75, 3.05) is 6.54 Å². The number of hydrogen-bond acceptors (Lipinski definition) is 3. The van der Waals surface area contributed by atoms with Crippen LogP contribution in [0.25, 0.3) is 0 Å². The van der Waals surface area contributed by atoms with Gasteiger partial charge in [0.1, 0.15) is 5.82 Å². The van der Waals surface area contributed by atoms with Crippen LogP contribution >= 0.6 is 11.6 Å². The van der Waals surface area contributed by atoms with E-state index >= 15 is 0 Å². The van der Waals surface area contributed by atoms with Crippen LogP contribution in [0.15, 0.2) is 18.2 Å². The standard InChI is InChI=1S/C12H13ClFNO4/c1-12(19,5-10(16)17)6-15-11(18)8-3-2-7(14)4-9(8)13/h2-4,19H,5-6H2,1H3,(H,15,18)(H,16,17). The summed E-state index contributed by atoms with van der Waals surface area (Å²) in [5, 5.41) is 20.6. The van der Waals surface area contributed by atoms with E-state index in [1.165, 1.54) is 13.0 Å². The van der Waals surface area contributed by atoms with Crippen LogP contribution in [0.3, 0.4) is 0 Å². The van der Waals surface area contributed by atoms with Crippen LogP contribution in [-0.4, -0.2) is 34.2 Å². The van der Waals surface area contributed by atoms with Crippen LogP contribution < -0.4 is 5.32 Å². The van der Waals surface area contributed by atoms with Gasteiger partial charge in [0, 0.05) is 6.54 Å². The maximum atomic E-state index is 12.8. The molecule has 5 nitrogen and oxygen atoms in total. The SMILES string of the molecule is CC(O)(CNC(=O)c1ccc(F)cc1Cl)CC(=O)O. The van der Waals surface area contributed by atoms with Crippen molar-refractivity contribution in [2.24, 2.45) is 0 Å². The Morgan fingerprint density at radius 3 is 2.63 bits per heavy atom. The largest absolute Gasteiger partial charge is 0.481 e. The monoisotopic (exact) mass is 289 g/mol. The molecule has 0 heterocycles. The summed E-state index contributed by atoms with van der Waals surface area (Å²) >= 11 is 5.70. The number of halogens is 2. The number of nitrogens with one attached hydrogen (secondary N) is 1. The van der Waals surface area contributed by atoms with Gasteiger partial charge >= 0.3 is 5.97 Å². The topological polar surface area (TPSA) is 86.6 Å². The Bertz CT molecular complexity index is 505. The van der Waals surface area contributed by atoms with Gasteiger partial charge in [0.25, 0.3) is 5.91 Å². The van der Waals surface area contributed by atoms with Gasteiger partial charge in [-0.25, -0.2) is 4.39 Å². The lowest BCUT2D eigenvalue weighted by molar-refractivity contribution is -0.141. The molecular formula is C12H13ClFNO4. The van der Waals surface area contributed by atoms with Gasteiger partial charge < -0.3 is 15.5 Å². The van der Waals surface area contributed by atoms with Crippen LogP contribution in [0.5, 0.6) is 0 Å². The maximum Gasteiger partial charge on any atom is 0.306 e. The van der Waals surface area contributed by atoms with E-state index in [0.29, 0.717) is 0 Å². The lowest BCUT2D eigenvalue weighted by Crippen LogP contribution is -2.42. The molecule has 0 fully saturated rings. The molecule has 1 atom stereocenters. The average Bonchev–Trinajstić information content (AvgIpc) is 2.24. The van der Waals surface area contributed by atoms with Gasteiger partial charge in [-0.15, -0.1) is 0 Å². The third-order valence-electron chi connectivity index (χ3n) is 2.34. The number of amides is 1. The van der Waals surface area contributed by atoms with E-state index in [-0.39, 0.29) is 17.1 Å². The molecule has 0 aliphatic rings. The van der Waals surface area contributed by atoms with Gasteiger partial charge in [-0.2, -0.15) is 0 Å². The van der Waals surface area contributed by atoms with E-state index in [2.05, 4.69) is 5.32 Å². The first-order chi connectivity index (χ1) is 8.71. The third kappa shape index (κ3) is 4.84. The average molecular weight is 290 g/mol. The van der Waals surface area contributed by atoms with E-state index in [1.54, 1.807) is 0 Å². The van der Waals surface area contributed by atoms with Crippen molar-refractivity contribution in [1.29, 1.82) is 0 Å². The van der Waals surface area contributed by atoms with Crippen molar-refractivity contribution in [1.82, 2.24) is 5.32 Å². The summed E-state index contributed by atoms with van der Waals surface area (Å²) in [5.74, 6) is -2.37. The normalized spacial score (nSPS) is 13.7. The molecule has 104 valence electrons. The molecule has 1 amide bonds. The fourth-order valence-corrected chi connectivity index (χ4v) is 1.68. The molecule has 0 aliphatic carbocycles. The predicted molar refractivity (Wildman–Crippen MR) is 66.6 cm³/mol. The Morgan fingerprint density at radius 2 is 2.11 bits per heavy atom. The second kappa shape index (κ2) is 5.99. The lowest BCUT2D eigenvalue weighted by atomic mass is 10.0. The molecule has 0 saturated heterocycles. The van der Waals surface area contributed by atoms with Crippen molar-refractivity contribution >= 4 is 23.5 Å². The lowest BCUT2D eigenvalue weighted by Gasteiger charge is -2.21. The van der Waals surface area contributed by atoms with Crippen molar-refractivity contribution in [3.63, 3.8) is 0 Å². The summed E-state index contributed by atoms with van der Waals surface area (Å²) in [6.07, 6.45) is -0.509. The summed E-state index contributed by atoms with van der Waals surface area (Å²) in [7, 11) is 0. The van der Waals surface area contributed by atoms with Crippen molar-refractivity contribution in [3.8, 4) is 0 Å². The number of carboxylic acid groups (broad SMARTS) is 1. The van der Waals surface area contributed by atoms with Gasteiger partial charge in [0.15, 0.2) is 0 Å². The number of carboxylic acids is 1. The summed E-state index contributed by atoms with van der Waals surface area (Å²) in [6.45, 7) is 1.03. The Hall–Kier alpha value is -1.66. The molecule has 0 spiro atoms. The molecule has 7 heteroatoms. The van der Waals surface area contributed by atoms with Gasteiger partial charge in [-0.1, -0.05) is 11.6 Å². The number of carbonyl (C=O) groups excluding carboxylic acids is 1. The highest BCUT2D eigenvalue weighted by Gasteiger charge is 2.25. The van der Waals surface area contributed by atoms with Gasteiger partial charge in [0.2, 0.25) is 0 Å². The smallest absolute Gasteiger partial charge is 0.306 e. The minimum Gasteiger partial charge on any atom is -0.481 e. The Labute approximate surface area is 114 Å². The molecule has 0 aromatic heterocycles. The highest BCUT2D eigenvalue weighted by molar-refractivity contribution is 6.33. The third-order valence-corrected chi connectivity index (χ3v) is 2.65. The number of hydrogen-bond donors (Lipinski definition) is 3. The number of aliphatic carboxylic acids is 1. The van der Waals surface area contributed by atoms with Crippen LogP contribution in [0.1, 0.15) is 23.7 Å². The first-order valence-electron chi connectivity index (χ1n) is 5.39. The molecule has 0 bridgehead atoms. The fraction of sp³-hybridized carbons (Fsp3) is 0.333. The van der Waals surface area contributed by atoms with Crippen molar-refractivity contribution in [3.05, 3.63) is 34.6 Å². The summed E-state index contributed by atoms with van der Waals surface area (Å²) < 4.78 is 12.8. The molecule has 0 aliphatic heterocycles. The second-order valence-electron chi connectivity index (χ2n) is 4.37. The quantitative estimate of drug-likeness (QED) is 0.765. The molecule has 1 rings (SSSR count). The van der Waals surface area contributed by atoms with Crippen LogP contribution in [0.2, 0.25) is 5.02 Å². The molecule has 0 radical (unpaired) electrons. The van der Waals surface area contributed by atoms with E-state index in [9.17, 15) is 19.1 Å². The van der Waals surface area contributed by atoms with E-state index in [4.69, 9.17) is 16.7 Å². The minimum absolute atomic E-state index is 0.0502. The van der Waals surface area contributed by atoms with E-state index in [1.807, 2.05) is 0 Å². The highest BCUT2D eigenvalue weighted by atomic mass is 35.5. The minimum atomic E-state index is -1.58. The zero-order valence-electron chi connectivity index (χ0n) is 10.1. The Balaban J connectivity index is 2.68. The summed E-state index contributed by atoms with van der Waals surface area (Å²) in [5.41, 5.74) is -1.53. The molecule has 1 aromatic carbocycles. The van der Waals surface area contributed by atoms with E-state index in [0.717, 1.165) is 12.1 Å². The van der Waals surface area contributed by atoms with Crippen LogP contribution in [0.4, 0.5) is 4.39 Å². The maximum absolute atomic E-state index is 12.8. The van der Waals surface area contributed by atoms with Crippen molar-refractivity contribution in [2.45, 2.75) is 18.9 Å². The van der Waals surface area contributed by atoms with E-state index < -0.39 is 29.7 Å². The first-order valence-corrected chi connectivity index (χ1v) is 5.76. The van der Waals surface area contributed by atoms with Crippen LogP contribution in [0, 0.1) is 5.82 Å². The Kier molecular flexibility index (Phi) is 4.85. The number of carbonyl (C=O) groups is 2. The molecule has 1 unspecified atom stereocenters. The first kappa shape index (κ1) is 15.4. The number of benzene rings is 1. The second-order valence-corrected chi connectivity index (χ2v) is 4.78. The number of aliphatic hydroxyl groups is 1. The fourth-order valence-electron chi connectivity index (χ4n) is 1.43. The van der Waals surface area contributed by atoms with Gasteiger partial charge in [-0.3, -0.25) is 9.59 Å². The van der Waals surface area contributed by atoms with Crippen LogP contribution in [-0.2, 0) is 4.79 Å². The van der Waals surface area contributed by atoms with Crippen molar-refractivity contribution < 1.29 is 24.2 Å². The zero-order chi connectivity index (χ0) is 14.6. The molecular weight excluding hydrogens is 277 g/mol. The molecule has 3 N–H and O–H groups in total. The molecule has 1 aromatic rings. The summed E-state index contributed by atoms with van der Waals surface area (Å²) in [4.78, 5) is 22.2. The van der Waals surface area contributed by atoms with Gasteiger partial charge in [-0.05, 0) is 25.1 Å².